The van der Waals surface area contributed by atoms with Gasteiger partial charge in [-0.15, -0.1) is 0 Å². The molecule has 2 aromatic rings. The fraction of sp³-hybridized carbons (Fsp3) is 0.235. The van der Waals surface area contributed by atoms with E-state index in [0.29, 0.717) is 28.7 Å². The summed E-state index contributed by atoms with van der Waals surface area (Å²) >= 11 is 5.98. The third-order valence-corrected chi connectivity index (χ3v) is 3.11. The summed E-state index contributed by atoms with van der Waals surface area (Å²) in [5.74, 6) is 1.98. The molecule has 0 aliphatic rings. The second-order valence-corrected chi connectivity index (χ2v) is 4.93. The molecule has 0 saturated carbocycles. The Labute approximate surface area is 129 Å². The van der Waals surface area contributed by atoms with E-state index in [1.807, 2.05) is 25.1 Å². The molecule has 0 atom stereocenters. The molecule has 2 rings (SSSR count). The lowest BCUT2D eigenvalue weighted by Crippen LogP contribution is -1.94. The summed E-state index contributed by atoms with van der Waals surface area (Å²) in [6.07, 6.45) is 0.885. The number of hydrogen-bond acceptors (Lipinski definition) is 3. The number of nitrogens with zero attached hydrogens (tertiary/aromatic N) is 1. The van der Waals surface area contributed by atoms with Crippen molar-refractivity contribution < 1.29 is 9.47 Å². The van der Waals surface area contributed by atoms with Crippen LogP contribution in [0.4, 0.5) is 0 Å². The van der Waals surface area contributed by atoms with Crippen LogP contribution in [0.2, 0.25) is 5.02 Å². The Kier molecular flexibility index (Phi) is 5.08. The van der Waals surface area contributed by atoms with E-state index >= 15 is 0 Å². The number of rotatable bonds is 5. The molecule has 3 nitrogen and oxygen atoms in total. The molecule has 0 heterocycles. The van der Waals surface area contributed by atoms with Crippen LogP contribution in [0.25, 0.3) is 0 Å². The Morgan fingerprint density at radius 1 is 1.00 bits per heavy atom. The van der Waals surface area contributed by atoms with Gasteiger partial charge in [-0.05, 0) is 49.2 Å². The second-order valence-electron chi connectivity index (χ2n) is 4.49. The Hall–Kier alpha value is -2.18. The maximum atomic E-state index is 8.96. The summed E-state index contributed by atoms with van der Waals surface area (Å²) in [5, 5.41) is 9.44. The van der Waals surface area contributed by atoms with Gasteiger partial charge in [0.25, 0.3) is 0 Å². The lowest BCUT2D eigenvalue weighted by molar-refractivity contribution is 0.337. The highest BCUT2D eigenvalue weighted by Gasteiger charge is 2.06. The zero-order valence-electron chi connectivity index (χ0n) is 12.0. The van der Waals surface area contributed by atoms with Crippen LogP contribution >= 0.6 is 11.6 Å². The van der Waals surface area contributed by atoms with Crippen LogP contribution in [0.15, 0.2) is 36.4 Å². The van der Waals surface area contributed by atoms with Gasteiger partial charge < -0.3 is 9.47 Å². The first-order valence-electron chi connectivity index (χ1n) is 6.80. The third-order valence-electron chi connectivity index (χ3n) is 2.90. The van der Waals surface area contributed by atoms with Gasteiger partial charge in [-0.1, -0.05) is 18.5 Å². The zero-order chi connectivity index (χ0) is 15.2. The maximum Gasteiger partial charge on any atom is 0.131 e. The highest BCUT2D eigenvalue weighted by molar-refractivity contribution is 6.30. The highest BCUT2D eigenvalue weighted by atomic mass is 35.5. The maximum absolute atomic E-state index is 8.96. The third kappa shape index (κ3) is 4.14. The first-order valence-corrected chi connectivity index (χ1v) is 7.17. The molecule has 0 bridgehead atoms. The van der Waals surface area contributed by atoms with Crippen molar-refractivity contribution in [2.45, 2.75) is 20.3 Å². The van der Waals surface area contributed by atoms with Crippen LogP contribution in [0.3, 0.4) is 0 Å². The molecule has 21 heavy (non-hydrogen) atoms. The van der Waals surface area contributed by atoms with E-state index in [1.54, 1.807) is 18.2 Å². The first-order chi connectivity index (χ1) is 10.1. The number of nitriles is 1. The minimum absolute atomic E-state index is 0.467. The van der Waals surface area contributed by atoms with Gasteiger partial charge in [0, 0.05) is 11.1 Å². The van der Waals surface area contributed by atoms with Crippen molar-refractivity contribution >= 4 is 11.6 Å². The summed E-state index contributed by atoms with van der Waals surface area (Å²) < 4.78 is 11.4. The molecule has 0 radical (unpaired) electrons. The lowest BCUT2D eigenvalue weighted by Gasteiger charge is -2.11. The average Bonchev–Trinajstić information content (AvgIpc) is 2.46. The van der Waals surface area contributed by atoms with Crippen LogP contribution in [-0.4, -0.2) is 6.61 Å². The molecule has 2 aromatic carbocycles. The molecule has 0 amide bonds. The average molecular weight is 302 g/mol. The molecule has 0 N–H and O–H groups in total. The number of benzene rings is 2. The topological polar surface area (TPSA) is 42.2 Å². The number of ether oxygens (including phenoxy) is 2. The van der Waals surface area contributed by atoms with E-state index < -0.39 is 0 Å². The summed E-state index contributed by atoms with van der Waals surface area (Å²) in [6.45, 7) is 4.61. The fourth-order valence-corrected chi connectivity index (χ4v) is 2.19. The highest BCUT2D eigenvalue weighted by Crippen LogP contribution is 2.30. The molecule has 0 aliphatic carbocycles. The van der Waals surface area contributed by atoms with Crippen LogP contribution in [-0.2, 0) is 6.42 Å². The standard InChI is InChI=1S/C17H16ClNO2/c1-3-12-6-15(20-4-2)10-17(7-12)21-16-8-13(11-19)5-14(18)9-16/h5-10H,3-4H2,1-2H3. The van der Waals surface area contributed by atoms with Crippen molar-refractivity contribution in [2.24, 2.45) is 0 Å². The molecule has 0 unspecified atom stereocenters. The molecule has 0 saturated heterocycles. The largest absolute Gasteiger partial charge is 0.494 e. The van der Waals surface area contributed by atoms with Gasteiger partial charge in [-0.25, -0.2) is 0 Å². The first kappa shape index (κ1) is 15.2. The number of hydrogen-bond donors (Lipinski definition) is 0. The SMILES string of the molecule is CCOc1cc(CC)cc(Oc2cc(Cl)cc(C#N)c2)c1. The van der Waals surface area contributed by atoms with Crippen LogP contribution in [0.1, 0.15) is 25.0 Å². The minimum Gasteiger partial charge on any atom is -0.494 e. The van der Waals surface area contributed by atoms with Gasteiger partial charge in [0.1, 0.15) is 17.2 Å². The van der Waals surface area contributed by atoms with Crippen molar-refractivity contribution in [2.75, 3.05) is 6.61 Å². The molecule has 4 heteroatoms. The molecule has 0 aliphatic heterocycles. The predicted octanol–water partition coefficient (Wildman–Crippen LogP) is 4.97. The molecule has 0 aromatic heterocycles. The van der Waals surface area contributed by atoms with Crippen molar-refractivity contribution in [3.63, 3.8) is 0 Å². The van der Waals surface area contributed by atoms with E-state index in [4.69, 9.17) is 26.3 Å². The summed E-state index contributed by atoms with van der Waals surface area (Å²) in [7, 11) is 0. The van der Waals surface area contributed by atoms with Gasteiger partial charge in [0.15, 0.2) is 0 Å². The fourth-order valence-electron chi connectivity index (χ4n) is 1.97. The van der Waals surface area contributed by atoms with Crippen LogP contribution in [0, 0.1) is 11.3 Å². The lowest BCUT2D eigenvalue weighted by atomic mass is 10.1. The smallest absolute Gasteiger partial charge is 0.131 e. The van der Waals surface area contributed by atoms with Crippen molar-refractivity contribution in [3.8, 4) is 23.3 Å². The van der Waals surface area contributed by atoms with Crippen molar-refractivity contribution in [1.29, 1.82) is 5.26 Å². The normalized spacial score (nSPS) is 10.0. The van der Waals surface area contributed by atoms with Crippen LogP contribution in [0.5, 0.6) is 17.2 Å². The number of halogens is 1. The van der Waals surface area contributed by atoms with Gasteiger partial charge in [0.05, 0.1) is 18.2 Å². The Morgan fingerprint density at radius 2 is 1.71 bits per heavy atom. The Morgan fingerprint density at radius 3 is 2.38 bits per heavy atom. The van der Waals surface area contributed by atoms with E-state index in [2.05, 4.69) is 13.0 Å². The van der Waals surface area contributed by atoms with Gasteiger partial charge in [-0.3, -0.25) is 0 Å². The monoisotopic (exact) mass is 301 g/mol. The second kappa shape index (κ2) is 7.01. The predicted molar refractivity (Wildman–Crippen MR) is 83.2 cm³/mol. The van der Waals surface area contributed by atoms with Crippen LogP contribution < -0.4 is 9.47 Å². The quantitative estimate of drug-likeness (QED) is 0.783. The molecule has 0 spiro atoms. The van der Waals surface area contributed by atoms with E-state index in [0.717, 1.165) is 17.7 Å². The van der Waals surface area contributed by atoms with Gasteiger partial charge >= 0.3 is 0 Å². The summed E-state index contributed by atoms with van der Waals surface area (Å²) in [4.78, 5) is 0. The zero-order valence-corrected chi connectivity index (χ0v) is 12.8. The van der Waals surface area contributed by atoms with Crippen molar-refractivity contribution in [3.05, 3.63) is 52.5 Å². The minimum atomic E-state index is 0.467. The molecule has 0 fully saturated rings. The van der Waals surface area contributed by atoms with Crippen molar-refractivity contribution in [1.82, 2.24) is 0 Å². The van der Waals surface area contributed by atoms with E-state index in [1.165, 1.54) is 0 Å². The Balaban J connectivity index is 2.32. The molecule has 108 valence electrons. The summed E-state index contributed by atoms with van der Waals surface area (Å²) in [5.41, 5.74) is 1.59. The van der Waals surface area contributed by atoms with E-state index in [9.17, 15) is 0 Å². The van der Waals surface area contributed by atoms with Gasteiger partial charge in [0.2, 0.25) is 0 Å². The van der Waals surface area contributed by atoms with Gasteiger partial charge in [-0.2, -0.15) is 5.26 Å². The number of aryl methyl sites for hydroxylation is 1. The molecular formula is C17H16ClNO2. The van der Waals surface area contributed by atoms with E-state index in [-0.39, 0.29) is 0 Å². The Bertz CT molecular complexity index is 677. The molecular weight excluding hydrogens is 286 g/mol. The summed E-state index contributed by atoms with van der Waals surface area (Å²) in [6, 6.07) is 12.8.